The van der Waals surface area contributed by atoms with Crippen molar-refractivity contribution in [1.82, 2.24) is 9.97 Å². The van der Waals surface area contributed by atoms with Gasteiger partial charge in [-0.1, -0.05) is 24.3 Å². The molecule has 0 spiro atoms. The molecule has 3 heterocycles. The first kappa shape index (κ1) is 20.7. The van der Waals surface area contributed by atoms with Crippen molar-refractivity contribution in [2.75, 3.05) is 0 Å². The molecule has 4 N–H and O–H groups in total. The number of benzene rings is 2. The normalized spacial score (nSPS) is 14.1. The quantitative estimate of drug-likeness (QED) is 0.387. The van der Waals surface area contributed by atoms with Crippen LogP contribution in [0.1, 0.15) is 11.8 Å². The lowest BCUT2D eigenvalue weighted by Gasteiger charge is -2.16. The van der Waals surface area contributed by atoms with Crippen molar-refractivity contribution in [3.05, 3.63) is 70.1 Å². The van der Waals surface area contributed by atoms with E-state index in [2.05, 4.69) is 20.0 Å². The number of amidine groups is 2. The van der Waals surface area contributed by atoms with E-state index in [1.165, 1.54) is 23.5 Å². The van der Waals surface area contributed by atoms with Crippen molar-refractivity contribution >= 4 is 74.7 Å². The number of rotatable bonds is 6. The molecular formula is C21H16N6O2S3. The topological polar surface area (TPSA) is 129 Å². The molecule has 0 unspecified atom stereocenters. The number of para-hydroxylation sites is 4. The highest BCUT2D eigenvalue weighted by atomic mass is 32.2. The number of hydrogen-bond acceptors (Lipinski definition) is 9. The number of nitrogens with two attached hydrogens (primary N) is 2. The van der Waals surface area contributed by atoms with Gasteiger partial charge < -0.3 is 20.3 Å². The van der Waals surface area contributed by atoms with Crippen molar-refractivity contribution < 1.29 is 8.83 Å². The first-order chi connectivity index (χ1) is 15.6. The second kappa shape index (κ2) is 8.77. The molecule has 0 bridgehead atoms. The summed E-state index contributed by atoms with van der Waals surface area (Å²) < 4.78 is 12.5. The van der Waals surface area contributed by atoms with E-state index in [-0.39, 0.29) is 16.8 Å². The molecule has 0 saturated heterocycles. The summed E-state index contributed by atoms with van der Waals surface area (Å²) in [4.78, 5) is 17.3. The predicted molar refractivity (Wildman–Crippen MR) is 133 cm³/mol. The Morgan fingerprint density at radius 3 is 1.72 bits per heavy atom. The zero-order valence-electron chi connectivity index (χ0n) is 16.5. The number of thioether (sulfide) groups is 2. The van der Waals surface area contributed by atoms with Crippen LogP contribution < -0.4 is 11.5 Å². The zero-order chi connectivity index (χ0) is 22.1. The Labute approximate surface area is 196 Å². The highest BCUT2D eigenvalue weighted by molar-refractivity contribution is 8.21. The maximum Gasteiger partial charge on any atom is 0.223 e. The molecule has 5 rings (SSSR count). The van der Waals surface area contributed by atoms with Gasteiger partial charge in [0, 0.05) is 0 Å². The fourth-order valence-corrected chi connectivity index (χ4v) is 5.43. The van der Waals surface area contributed by atoms with Gasteiger partial charge in [0.15, 0.2) is 11.2 Å². The molecule has 0 atom stereocenters. The Balaban J connectivity index is 1.42. The number of thiocarbonyl (C=S) groups is 1. The minimum atomic E-state index is 0.107. The van der Waals surface area contributed by atoms with Crippen LogP contribution in [0.5, 0.6) is 0 Å². The first-order valence-electron chi connectivity index (χ1n) is 9.48. The lowest BCUT2D eigenvalue weighted by molar-refractivity contribution is 0.556. The number of aromatic nitrogens is 2. The maximum atomic E-state index is 6.16. The molecule has 0 fully saturated rings. The van der Waals surface area contributed by atoms with Crippen molar-refractivity contribution in [2.45, 2.75) is 11.5 Å². The lowest BCUT2D eigenvalue weighted by atomic mass is 10.2. The van der Waals surface area contributed by atoms with Gasteiger partial charge in [0.1, 0.15) is 22.7 Å². The van der Waals surface area contributed by atoms with Crippen molar-refractivity contribution in [3.63, 3.8) is 0 Å². The smallest absolute Gasteiger partial charge is 0.223 e. The molecule has 8 nitrogen and oxygen atoms in total. The molecule has 11 heteroatoms. The van der Waals surface area contributed by atoms with Gasteiger partial charge in [-0.05, 0) is 36.5 Å². The van der Waals surface area contributed by atoms with E-state index >= 15 is 0 Å². The SMILES string of the molecule is NC1=NC(=S)N=C(N)C1=C(SCc1nc2ccccc2o1)SCc1nc2ccccc2o1. The fourth-order valence-electron chi connectivity index (χ4n) is 3.09. The third-order valence-corrected chi connectivity index (χ3v) is 7.08. The minimum Gasteiger partial charge on any atom is -0.440 e. The summed E-state index contributed by atoms with van der Waals surface area (Å²) in [5, 5.41) is 0.107. The standard InChI is InChI=1S/C21H16N6O2S3/c22-18-17(19(23)27-21(30)26-18)20(31-9-15-24-11-5-1-3-7-13(11)28-15)32-10-16-25-12-6-2-4-8-14(12)29-16/h1-8H,9-10H2,(H4,22,23,26,27,30). The van der Waals surface area contributed by atoms with E-state index < -0.39 is 0 Å². The Hall–Kier alpha value is -3.15. The third-order valence-electron chi connectivity index (χ3n) is 4.48. The molecule has 4 aromatic rings. The van der Waals surface area contributed by atoms with Crippen molar-refractivity contribution in [3.8, 4) is 0 Å². The van der Waals surface area contributed by atoms with E-state index in [4.69, 9.17) is 32.5 Å². The van der Waals surface area contributed by atoms with E-state index in [9.17, 15) is 0 Å². The van der Waals surface area contributed by atoms with Crippen LogP contribution in [0.25, 0.3) is 22.2 Å². The van der Waals surface area contributed by atoms with Crippen LogP contribution in [0, 0.1) is 0 Å². The van der Waals surface area contributed by atoms with Gasteiger partial charge in [-0.25, -0.2) is 20.0 Å². The Morgan fingerprint density at radius 1 is 0.781 bits per heavy atom. The highest BCUT2D eigenvalue weighted by Gasteiger charge is 2.22. The predicted octanol–water partition coefficient (Wildman–Crippen LogP) is 4.36. The molecule has 0 aliphatic carbocycles. The van der Waals surface area contributed by atoms with Gasteiger partial charge in [0.05, 0.1) is 21.3 Å². The fraction of sp³-hybridized carbons (Fsp3) is 0.0952. The number of oxazole rings is 2. The minimum absolute atomic E-state index is 0.107. The monoisotopic (exact) mass is 480 g/mol. The summed E-state index contributed by atoms with van der Waals surface area (Å²) in [6.07, 6.45) is 0. The largest absolute Gasteiger partial charge is 0.440 e. The van der Waals surface area contributed by atoms with Gasteiger partial charge in [-0.3, -0.25) is 0 Å². The summed E-state index contributed by atoms with van der Waals surface area (Å²) in [6.45, 7) is 0. The average Bonchev–Trinajstić information content (AvgIpc) is 3.37. The van der Waals surface area contributed by atoms with E-state index in [1.54, 1.807) is 0 Å². The number of nitrogens with zero attached hydrogens (tertiary/aromatic N) is 4. The van der Waals surface area contributed by atoms with Crippen LogP contribution in [0.3, 0.4) is 0 Å². The molecule has 2 aromatic heterocycles. The summed E-state index contributed by atoms with van der Waals surface area (Å²) in [5.74, 6) is 2.58. The Kier molecular flexibility index (Phi) is 5.68. The van der Waals surface area contributed by atoms with Crippen LogP contribution in [0.15, 0.2) is 77.2 Å². The van der Waals surface area contributed by atoms with Crippen molar-refractivity contribution in [1.29, 1.82) is 0 Å². The molecule has 0 saturated carbocycles. The van der Waals surface area contributed by atoms with Gasteiger partial charge in [-0.15, -0.1) is 23.5 Å². The second-order valence-electron chi connectivity index (χ2n) is 6.67. The summed E-state index contributed by atoms with van der Waals surface area (Å²) in [6, 6.07) is 15.2. The van der Waals surface area contributed by atoms with Crippen LogP contribution in [0.4, 0.5) is 0 Å². The highest BCUT2D eigenvalue weighted by Crippen LogP contribution is 2.37. The molecule has 160 valence electrons. The van der Waals surface area contributed by atoms with E-state index in [0.29, 0.717) is 28.9 Å². The zero-order valence-corrected chi connectivity index (χ0v) is 19.0. The van der Waals surface area contributed by atoms with Crippen LogP contribution in [-0.4, -0.2) is 26.8 Å². The maximum absolute atomic E-state index is 6.16. The summed E-state index contributed by atoms with van der Waals surface area (Å²) in [7, 11) is 0. The van der Waals surface area contributed by atoms with Crippen LogP contribution in [-0.2, 0) is 11.5 Å². The van der Waals surface area contributed by atoms with Crippen LogP contribution >= 0.6 is 35.7 Å². The number of fused-ring (bicyclic) bond motifs is 2. The number of aliphatic imine (C=N–C) groups is 2. The Bertz CT molecular complexity index is 1270. The van der Waals surface area contributed by atoms with Gasteiger partial charge in [0.25, 0.3) is 0 Å². The average molecular weight is 481 g/mol. The first-order valence-corrected chi connectivity index (χ1v) is 11.9. The summed E-state index contributed by atoms with van der Waals surface area (Å²) >= 11 is 8.00. The number of hydrogen-bond donors (Lipinski definition) is 2. The molecule has 2 aromatic carbocycles. The Morgan fingerprint density at radius 2 is 1.25 bits per heavy atom. The molecule has 1 aliphatic heterocycles. The third kappa shape index (κ3) is 4.27. The van der Waals surface area contributed by atoms with Gasteiger partial charge in [-0.2, -0.15) is 0 Å². The molecule has 0 amide bonds. The van der Waals surface area contributed by atoms with E-state index in [0.717, 1.165) is 26.4 Å². The van der Waals surface area contributed by atoms with Crippen LogP contribution in [0.2, 0.25) is 0 Å². The molecule has 0 radical (unpaired) electrons. The molecular weight excluding hydrogens is 464 g/mol. The summed E-state index contributed by atoms with van der Waals surface area (Å²) in [5.41, 5.74) is 16.0. The van der Waals surface area contributed by atoms with Gasteiger partial charge >= 0.3 is 0 Å². The molecule has 32 heavy (non-hydrogen) atoms. The van der Waals surface area contributed by atoms with E-state index in [1.807, 2.05) is 48.5 Å². The molecule has 1 aliphatic rings. The van der Waals surface area contributed by atoms with Gasteiger partial charge in [0.2, 0.25) is 16.9 Å². The lowest BCUT2D eigenvalue weighted by Crippen LogP contribution is -2.32. The second-order valence-corrected chi connectivity index (χ2v) is 9.26. The van der Waals surface area contributed by atoms with Crippen molar-refractivity contribution in [2.24, 2.45) is 21.5 Å².